The quantitative estimate of drug-likeness (QED) is 0.701. The summed E-state index contributed by atoms with van der Waals surface area (Å²) in [4.78, 5) is 28.9. The predicted molar refractivity (Wildman–Crippen MR) is 101 cm³/mol. The lowest BCUT2D eigenvalue weighted by atomic mass is 10.1. The van der Waals surface area contributed by atoms with Gasteiger partial charge in [-0.25, -0.2) is 9.07 Å². The highest BCUT2D eigenvalue weighted by Gasteiger charge is 2.28. The van der Waals surface area contributed by atoms with Crippen LogP contribution in [0.5, 0.6) is 0 Å². The number of hydrogen-bond donors (Lipinski definition) is 1. The van der Waals surface area contributed by atoms with Gasteiger partial charge >= 0.3 is 5.97 Å². The van der Waals surface area contributed by atoms with Crippen molar-refractivity contribution < 1.29 is 13.9 Å². The number of anilines is 1. The van der Waals surface area contributed by atoms with Gasteiger partial charge in [0.15, 0.2) is 11.5 Å². The number of esters is 1. The lowest BCUT2D eigenvalue weighted by Crippen LogP contribution is -2.33. The average molecular weight is 380 g/mol. The molecule has 0 bridgehead atoms. The molecule has 1 aliphatic heterocycles. The number of nitrogens with one attached hydrogen (secondary N) is 1. The van der Waals surface area contributed by atoms with Crippen LogP contribution in [-0.4, -0.2) is 27.3 Å². The minimum atomic E-state index is -0.573. The second-order valence-corrected chi connectivity index (χ2v) is 6.26. The summed E-state index contributed by atoms with van der Waals surface area (Å²) in [5, 5.41) is 7.70. The molecule has 1 atom stereocenters. The fourth-order valence-electron chi connectivity index (χ4n) is 3.15. The van der Waals surface area contributed by atoms with Crippen molar-refractivity contribution in [2.75, 3.05) is 11.9 Å². The summed E-state index contributed by atoms with van der Waals surface area (Å²) in [7, 11) is 0. The SMILES string of the molecule is CCOC(=O)C[C@H]1Nc2ccccc2-c2nc(=O)c(-c3ccc(F)cc3)nn21. The third-order valence-corrected chi connectivity index (χ3v) is 4.40. The first kappa shape index (κ1) is 17.8. The van der Waals surface area contributed by atoms with E-state index in [9.17, 15) is 14.0 Å². The van der Waals surface area contributed by atoms with Gasteiger partial charge in [0.1, 0.15) is 12.0 Å². The molecule has 142 valence electrons. The molecule has 2 aromatic carbocycles. The lowest BCUT2D eigenvalue weighted by Gasteiger charge is -2.29. The second-order valence-electron chi connectivity index (χ2n) is 6.26. The highest BCUT2D eigenvalue weighted by molar-refractivity contribution is 5.78. The van der Waals surface area contributed by atoms with E-state index in [1.54, 1.807) is 6.92 Å². The Kier molecular flexibility index (Phi) is 4.60. The summed E-state index contributed by atoms with van der Waals surface area (Å²) in [6.07, 6.45) is -0.563. The number of rotatable bonds is 4. The maximum atomic E-state index is 13.2. The molecule has 1 N–H and O–H groups in total. The Morgan fingerprint density at radius 1 is 1.21 bits per heavy atom. The molecular weight excluding hydrogens is 363 g/mol. The molecule has 0 amide bonds. The summed E-state index contributed by atoms with van der Waals surface area (Å²) in [6.45, 7) is 2.00. The molecule has 0 unspecified atom stereocenters. The van der Waals surface area contributed by atoms with Crippen LogP contribution in [0.2, 0.25) is 0 Å². The zero-order chi connectivity index (χ0) is 19.7. The zero-order valence-electron chi connectivity index (χ0n) is 15.1. The lowest BCUT2D eigenvalue weighted by molar-refractivity contribution is -0.143. The summed E-state index contributed by atoms with van der Waals surface area (Å²) >= 11 is 0. The smallest absolute Gasteiger partial charge is 0.309 e. The predicted octanol–water partition coefficient (Wildman–Crippen LogP) is 2.99. The number of aromatic nitrogens is 3. The molecule has 2 heterocycles. The summed E-state index contributed by atoms with van der Waals surface area (Å²) in [6, 6.07) is 12.8. The average Bonchev–Trinajstić information content (AvgIpc) is 2.69. The molecule has 0 radical (unpaired) electrons. The van der Waals surface area contributed by atoms with Gasteiger partial charge in [-0.2, -0.15) is 10.1 Å². The largest absolute Gasteiger partial charge is 0.466 e. The van der Waals surface area contributed by atoms with E-state index in [1.807, 2.05) is 24.3 Å². The van der Waals surface area contributed by atoms with E-state index in [0.29, 0.717) is 17.0 Å². The van der Waals surface area contributed by atoms with E-state index >= 15 is 0 Å². The van der Waals surface area contributed by atoms with Crippen LogP contribution in [0.15, 0.2) is 53.3 Å². The standard InChI is InChI=1S/C20H17FN4O3/c1-2-28-17(26)11-16-22-15-6-4-3-5-14(15)19-23-20(27)18(24-25(16)19)12-7-9-13(21)10-8-12/h3-10,16,22H,2,11H2,1H3/t16-/m0/s1. The second kappa shape index (κ2) is 7.22. The van der Waals surface area contributed by atoms with E-state index in [4.69, 9.17) is 4.74 Å². The maximum Gasteiger partial charge on any atom is 0.309 e. The Morgan fingerprint density at radius 2 is 1.96 bits per heavy atom. The number of benzene rings is 2. The molecule has 8 heteroatoms. The van der Waals surface area contributed by atoms with Crippen molar-refractivity contribution in [3.63, 3.8) is 0 Å². The molecule has 3 aromatic rings. The highest BCUT2D eigenvalue weighted by Crippen LogP contribution is 2.35. The first-order valence-electron chi connectivity index (χ1n) is 8.85. The van der Waals surface area contributed by atoms with Gasteiger partial charge in [0, 0.05) is 16.8 Å². The van der Waals surface area contributed by atoms with Gasteiger partial charge < -0.3 is 10.1 Å². The minimum absolute atomic E-state index is 0.00951. The number of hydrogen-bond acceptors (Lipinski definition) is 6. The molecule has 0 saturated heterocycles. The fraction of sp³-hybridized carbons (Fsp3) is 0.200. The Bertz CT molecular complexity index is 1100. The van der Waals surface area contributed by atoms with Crippen LogP contribution >= 0.6 is 0 Å². The normalized spacial score (nSPS) is 14.6. The molecule has 0 fully saturated rings. The molecule has 28 heavy (non-hydrogen) atoms. The maximum absolute atomic E-state index is 13.2. The first-order chi connectivity index (χ1) is 13.6. The van der Waals surface area contributed by atoms with Crippen molar-refractivity contribution in [2.45, 2.75) is 19.5 Å². The minimum Gasteiger partial charge on any atom is -0.466 e. The monoisotopic (exact) mass is 380 g/mol. The Labute approximate surface area is 159 Å². The van der Waals surface area contributed by atoms with Gasteiger partial charge in [0.2, 0.25) is 0 Å². The van der Waals surface area contributed by atoms with Crippen molar-refractivity contribution in [3.8, 4) is 22.6 Å². The number of carbonyl (C=O) groups excluding carboxylic acids is 1. The topological polar surface area (TPSA) is 86.1 Å². The van der Waals surface area contributed by atoms with Gasteiger partial charge in [0.25, 0.3) is 5.56 Å². The van der Waals surface area contributed by atoms with Crippen LogP contribution < -0.4 is 10.9 Å². The van der Waals surface area contributed by atoms with Gasteiger partial charge in [-0.1, -0.05) is 12.1 Å². The molecule has 1 aromatic heterocycles. The van der Waals surface area contributed by atoms with Crippen molar-refractivity contribution >= 4 is 11.7 Å². The Hall–Kier alpha value is -3.55. The molecule has 4 rings (SSSR count). The molecule has 7 nitrogen and oxygen atoms in total. The molecule has 0 saturated carbocycles. The van der Waals surface area contributed by atoms with Crippen molar-refractivity contribution in [3.05, 3.63) is 64.7 Å². The Morgan fingerprint density at radius 3 is 2.71 bits per heavy atom. The van der Waals surface area contributed by atoms with Crippen molar-refractivity contribution in [2.24, 2.45) is 0 Å². The number of ether oxygens (including phenoxy) is 1. The van der Waals surface area contributed by atoms with Crippen LogP contribution in [0.4, 0.5) is 10.1 Å². The van der Waals surface area contributed by atoms with E-state index < -0.39 is 23.5 Å². The van der Waals surface area contributed by atoms with Crippen molar-refractivity contribution in [1.82, 2.24) is 14.8 Å². The van der Waals surface area contributed by atoms with Gasteiger partial charge in [-0.3, -0.25) is 9.59 Å². The van der Waals surface area contributed by atoms with E-state index in [0.717, 1.165) is 5.69 Å². The van der Waals surface area contributed by atoms with E-state index in [-0.39, 0.29) is 18.7 Å². The number of carbonyl (C=O) groups is 1. The van der Waals surface area contributed by atoms with Crippen molar-refractivity contribution in [1.29, 1.82) is 0 Å². The number of fused-ring (bicyclic) bond motifs is 3. The molecule has 0 spiro atoms. The Balaban J connectivity index is 1.85. The number of halogens is 1. The highest BCUT2D eigenvalue weighted by atomic mass is 19.1. The third kappa shape index (κ3) is 3.24. The first-order valence-corrected chi connectivity index (χ1v) is 8.85. The van der Waals surface area contributed by atoms with Crippen LogP contribution in [-0.2, 0) is 9.53 Å². The fourth-order valence-corrected chi connectivity index (χ4v) is 3.15. The van der Waals surface area contributed by atoms with Gasteiger partial charge in [-0.05, 0) is 43.3 Å². The summed E-state index contributed by atoms with van der Waals surface area (Å²) in [5.74, 6) is -0.445. The van der Waals surface area contributed by atoms with Crippen LogP contribution in [0, 0.1) is 5.82 Å². The molecule has 0 aliphatic carbocycles. The van der Waals surface area contributed by atoms with Gasteiger partial charge in [-0.15, -0.1) is 0 Å². The van der Waals surface area contributed by atoms with E-state index in [2.05, 4.69) is 15.4 Å². The van der Waals surface area contributed by atoms with E-state index in [1.165, 1.54) is 28.9 Å². The molecule has 1 aliphatic rings. The van der Waals surface area contributed by atoms with Crippen LogP contribution in [0.1, 0.15) is 19.5 Å². The number of para-hydroxylation sites is 1. The van der Waals surface area contributed by atoms with Crippen LogP contribution in [0.25, 0.3) is 22.6 Å². The summed E-state index contributed by atoms with van der Waals surface area (Å²) in [5.41, 5.74) is 1.46. The van der Waals surface area contributed by atoms with Crippen LogP contribution in [0.3, 0.4) is 0 Å². The number of nitrogens with zero attached hydrogens (tertiary/aromatic N) is 3. The third-order valence-electron chi connectivity index (χ3n) is 4.40. The van der Waals surface area contributed by atoms with Gasteiger partial charge in [0.05, 0.1) is 13.0 Å². The summed E-state index contributed by atoms with van der Waals surface area (Å²) < 4.78 is 19.8. The molecular formula is C20H17FN4O3. The zero-order valence-corrected chi connectivity index (χ0v) is 15.1.